The van der Waals surface area contributed by atoms with Gasteiger partial charge in [-0.1, -0.05) is 26.0 Å². The average Bonchev–Trinajstić information content (AvgIpc) is 2.46. The molecule has 0 aliphatic rings. The molecule has 0 amide bonds. The van der Waals surface area contributed by atoms with Crippen molar-refractivity contribution in [2.24, 2.45) is 5.73 Å². The Morgan fingerprint density at radius 2 is 1.80 bits per heavy atom. The normalized spacial score (nSPS) is 12.0. The van der Waals surface area contributed by atoms with Gasteiger partial charge in [0.25, 0.3) is 0 Å². The van der Waals surface area contributed by atoms with E-state index in [-0.39, 0.29) is 4.90 Å². The van der Waals surface area contributed by atoms with Crippen LogP contribution in [-0.2, 0) is 16.6 Å². The fourth-order valence-corrected chi connectivity index (χ4v) is 2.99. The first kappa shape index (κ1) is 17.1. The smallest absolute Gasteiger partial charge is 0.240 e. The summed E-state index contributed by atoms with van der Waals surface area (Å²) >= 11 is 0. The number of rotatable bonds is 9. The lowest BCUT2D eigenvalue weighted by molar-refractivity contribution is 0.293. The van der Waals surface area contributed by atoms with Crippen molar-refractivity contribution in [2.75, 3.05) is 26.2 Å². The quantitative estimate of drug-likeness (QED) is 0.717. The Morgan fingerprint density at radius 1 is 1.15 bits per heavy atom. The maximum Gasteiger partial charge on any atom is 0.240 e. The maximum atomic E-state index is 12.1. The Morgan fingerprint density at radius 3 is 2.30 bits per heavy atom. The minimum atomic E-state index is -3.42. The van der Waals surface area contributed by atoms with Crippen molar-refractivity contribution in [3.63, 3.8) is 0 Å². The Hall–Kier alpha value is -0.950. The highest BCUT2D eigenvalue weighted by molar-refractivity contribution is 7.89. The van der Waals surface area contributed by atoms with Gasteiger partial charge in [-0.05, 0) is 37.2 Å². The summed E-state index contributed by atoms with van der Waals surface area (Å²) in [5.74, 6) is 0. The number of nitrogens with one attached hydrogen (secondary N) is 1. The van der Waals surface area contributed by atoms with Crippen LogP contribution in [-0.4, -0.2) is 39.5 Å². The summed E-state index contributed by atoms with van der Waals surface area (Å²) < 4.78 is 26.8. The lowest BCUT2D eigenvalue weighted by Crippen LogP contribution is -2.35. The molecule has 0 atom stereocenters. The predicted octanol–water partition coefficient (Wildman–Crippen LogP) is 1.16. The molecule has 3 N–H and O–H groups in total. The van der Waals surface area contributed by atoms with Crippen molar-refractivity contribution < 1.29 is 8.42 Å². The molecule has 114 valence electrons. The molecule has 0 fully saturated rings. The van der Waals surface area contributed by atoms with Crippen molar-refractivity contribution in [2.45, 2.75) is 31.7 Å². The zero-order chi connectivity index (χ0) is 15.0. The van der Waals surface area contributed by atoms with Gasteiger partial charge in [-0.3, -0.25) is 0 Å². The SMILES string of the molecule is CCCN(CC)CCNS(=O)(=O)c1ccc(CN)cc1. The minimum Gasteiger partial charge on any atom is -0.326 e. The number of sulfonamides is 1. The van der Waals surface area contributed by atoms with Crippen LogP contribution >= 0.6 is 0 Å². The highest BCUT2D eigenvalue weighted by Gasteiger charge is 2.13. The van der Waals surface area contributed by atoms with E-state index in [0.717, 1.165) is 31.6 Å². The average molecular weight is 299 g/mol. The standard InChI is InChI=1S/C14H25N3O2S/c1-3-10-17(4-2)11-9-16-20(18,19)14-7-5-13(12-15)6-8-14/h5-8,16H,3-4,9-12,15H2,1-2H3. The summed E-state index contributed by atoms with van der Waals surface area (Å²) in [7, 11) is -3.42. The second-order valence-corrected chi connectivity index (χ2v) is 6.45. The number of likely N-dealkylation sites (N-methyl/N-ethyl adjacent to an activating group) is 1. The second-order valence-electron chi connectivity index (χ2n) is 4.68. The van der Waals surface area contributed by atoms with Crippen LogP contribution in [0.3, 0.4) is 0 Å². The van der Waals surface area contributed by atoms with Crippen molar-refractivity contribution in [1.82, 2.24) is 9.62 Å². The van der Waals surface area contributed by atoms with Crippen LogP contribution < -0.4 is 10.5 Å². The summed E-state index contributed by atoms with van der Waals surface area (Å²) in [4.78, 5) is 2.51. The van der Waals surface area contributed by atoms with Crippen molar-refractivity contribution in [1.29, 1.82) is 0 Å². The van der Waals surface area contributed by atoms with E-state index < -0.39 is 10.0 Å². The molecule has 1 aromatic rings. The molecule has 0 bridgehead atoms. The predicted molar refractivity (Wildman–Crippen MR) is 81.9 cm³/mol. The lowest BCUT2D eigenvalue weighted by atomic mass is 10.2. The van der Waals surface area contributed by atoms with Gasteiger partial charge in [0.2, 0.25) is 10.0 Å². The molecule has 5 nitrogen and oxygen atoms in total. The fourth-order valence-electron chi connectivity index (χ4n) is 1.97. The molecule has 0 saturated carbocycles. The Kier molecular flexibility index (Phi) is 7.15. The van der Waals surface area contributed by atoms with Gasteiger partial charge < -0.3 is 10.6 Å². The Balaban J connectivity index is 2.56. The Labute approximate surface area is 122 Å². The fraction of sp³-hybridized carbons (Fsp3) is 0.571. The van der Waals surface area contributed by atoms with E-state index in [0.29, 0.717) is 13.1 Å². The van der Waals surface area contributed by atoms with Crippen LogP contribution in [0.1, 0.15) is 25.8 Å². The first-order valence-corrected chi connectivity index (χ1v) is 8.52. The van der Waals surface area contributed by atoms with Gasteiger partial charge in [0.05, 0.1) is 4.90 Å². The number of hydrogen-bond acceptors (Lipinski definition) is 4. The van der Waals surface area contributed by atoms with Crippen molar-refractivity contribution in [3.8, 4) is 0 Å². The second kappa shape index (κ2) is 8.36. The summed E-state index contributed by atoms with van der Waals surface area (Å²) in [6.07, 6.45) is 1.07. The molecule has 1 rings (SSSR count). The number of benzene rings is 1. The molecule has 20 heavy (non-hydrogen) atoms. The number of hydrogen-bond donors (Lipinski definition) is 2. The monoisotopic (exact) mass is 299 g/mol. The number of nitrogens with two attached hydrogens (primary N) is 1. The molecular formula is C14H25N3O2S. The van der Waals surface area contributed by atoms with E-state index in [1.807, 2.05) is 0 Å². The lowest BCUT2D eigenvalue weighted by Gasteiger charge is -2.19. The maximum absolute atomic E-state index is 12.1. The van der Waals surface area contributed by atoms with Gasteiger partial charge >= 0.3 is 0 Å². The van der Waals surface area contributed by atoms with Crippen LogP contribution in [0.2, 0.25) is 0 Å². The summed E-state index contributed by atoms with van der Waals surface area (Å²) in [6, 6.07) is 6.66. The van der Waals surface area contributed by atoms with Crippen LogP contribution in [0.5, 0.6) is 0 Å². The molecule has 0 aliphatic carbocycles. The van der Waals surface area contributed by atoms with Gasteiger partial charge in [-0.2, -0.15) is 0 Å². The first-order chi connectivity index (χ1) is 9.53. The van der Waals surface area contributed by atoms with Gasteiger partial charge in [-0.15, -0.1) is 0 Å². The topological polar surface area (TPSA) is 75.4 Å². The summed E-state index contributed by atoms with van der Waals surface area (Å²) in [5.41, 5.74) is 6.42. The third-order valence-electron chi connectivity index (χ3n) is 3.18. The molecular weight excluding hydrogens is 274 g/mol. The van der Waals surface area contributed by atoms with E-state index in [9.17, 15) is 8.42 Å². The van der Waals surface area contributed by atoms with E-state index in [2.05, 4.69) is 23.5 Å². The minimum absolute atomic E-state index is 0.285. The van der Waals surface area contributed by atoms with Crippen LogP contribution in [0, 0.1) is 0 Å². The molecule has 6 heteroatoms. The van der Waals surface area contributed by atoms with E-state index in [1.54, 1.807) is 24.3 Å². The molecule has 0 saturated heterocycles. The van der Waals surface area contributed by atoms with Gasteiger partial charge in [0, 0.05) is 19.6 Å². The van der Waals surface area contributed by atoms with Crippen molar-refractivity contribution in [3.05, 3.63) is 29.8 Å². The largest absolute Gasteiger partial charge is 0.326 e. The van der Waals surface area contributed by atoms with E-state index >= 15 is 0 Å². The van der Waals surface area contributed by atoms with Gasteiger partial charge in [-0.25, -0.2) is 13.1 Å². The van der Waals surface area contributed by atoms with E-state index in [1.165, 1.54) is 0 Å². The number of nitrogens with zero attached hydrogens (tertiary/aromatic N) is 1. The zero-order valence-corrected chi connectivity index (χ0v) is 13.1. The highest BCUT2D eigenvalue weighted by Crippen LogP contribution is 2.09. The van der Waals surface area contributed by atoms with Gasteiger partial charge in [0.15, 0.2) is 0 Å². The third-order valence-corrected chi connectivity index (χ3v) is 4.65. The molecule has 0 spiro atoms. The Bertz CT molecular complexity index is 486. The molecule has 0 aromatic heterocycles. The molecule has 0 heterocycles. The van der Waals surface area contributed by atoms with Crippen LogP contribution in [0.25, 0.3) is 0 Å². The van der Waals surface area contributed by atoms with Crippen molar-refractivity contribution >= 4 is 10.0 Å². The van der Waals surface area contributed by atoms with Crippen LogP contribution in [0.4, 0.5) is 0 Å². The van der Waals surface area contributed by atoms with Crippen LogP contribution in [0.15, 0.2) is 29.2 Å². The molecule has 1 aromatic carbocycles. The first-order valence-electron chi connectivity index (χ1n) is 7.04. The third kappa shape index (κ3) is 5.20. The van der Waals surface area contributed by atoms with Gasteiger partial charge in [0.1, 0.15) is 0 Å². The van der Waals surface area contributed by atoms with E-state index in [4.69, 9.17) is 5.73 Å². The molecule has 0 unspecified atom stereocenters. The molecule has 0 radical (unpaired) electrons. The molecule has 0 aliphatic heterocycles. The summed E-state index contributed by atoms with van der Waals surface area (Å²) in [6.45, 7) is 7.68. The summed E-state index contributed by atoms with van der Waals surface area (Å²) in [5, 5.41) is 0. The zero-order valence-electron chi connectivity index (χ0n) is 12.3. The highest BCUT2D eigenvalue weighted by atomic mass is 32.2.